The van der Waals surface area contributed by atoms with Crippen molar-refractivity contribution in [1.29, 1.82) is 0 Å². The Morgan fingerprint density at radius 3 is 2.29 bits per heavy atom. The molecule has 1 aromatic heterocycles. The summed E-state index contributed by atoms with van der Waals surface area (Å²) in [6.45, 7) is 1.75. The normalized spacial score (nSPS) is 11.3. The van der Waals surface area contributed by atoms with Crippen LogP contribution in [-0.2, 0) is 0 Å². The number of rotatable bonds is 7. The van der Waals surface area contributed by atoms with Gasteiger partial charge in [-0.3, -0.25) is 20.0 Å². The van der Waals surface area contributed by atoms with Crippen molar-refractivity contribution >= 4 is 17.1 Å². The third-order valence-electron chi connectivity index (χ3n) is 5.30. The van der Waals surface area contributed by atoms with E-state index in [4.69, 9.17) is 9.47 Å². The van der Waals surface area contributed by atoms with Crippen molar-refractivity contribution in [3.05, 3.63) is 98.8 Å². The number of benzene rings is 3. The summed E-state index contributed by atoms with van der Waals surface area (Å²) in [5.74, 6) is 0.981. The van der Waals surface area contributed by atoms with Crippen LogP contribution in [-0.4, -0.2) is 34.6 Å². The Morgan fingerprint density at radius 1 is 0.971 bits per heavy atom. The summed E-state index contributed by atoms with van der Waals surface area (Å²) in [6.07, 6.45) is 0. The first-order valence-electron chi connectivity index (χ1n) is 10.4. The summed E-state index contributed by atoms with van der Waals surface area (Å²) in [5.41, 5.74) is 2.79. The molecule has 4 aromatic rings. The van der Waals surface area contributed by atoms with Gasteiger partial charge in [-0.05, 0) is 31.2 Å². The molecule has 1 heterocycles. The number of nitro groups is 1. The van der Waals surface area contributed by atoms with Gasteiger partial charge >= 0.3 is 0 Å². The fraction of sp³-hybridized carbons (Fsp3) is 0.120. The van der Waals surface area contributed by atoms with Crippen LogP contribution in [0.4, 0.5) is 11.4 Å². The zero-order chi connectivity index (χ0) is 24.2. The first kappa shape index (κ1) is 22.5. The third kappa shape index (κ3) is 4.18. The molecule has 4 rings (SSSR count). The molecule has 9 nitrogen and oxygen atoms in total. The molecule has 0 aliphatic rings. The lowest BCUT2D eigenvalue weighted by Crippen LogP contribution is -2.19. The number of aromatic nitrogens is 2. The van der Waals surface area contributed by atoms with E-state index in [1.807, 2.05) is 30.3 Å². The van der Waals surface area contributed by atoms with Gasteiger partial charge in [-0.1, -0.05) is 36.4 Å². The molecule has 34 heavy (non-hydrogen) atoms. The Bertz CT molecular complexity index is 1420. The predicted octanol–water partition coefficient (Wildman–Crippen LogP) is 4.90. The average Bonchev–Trinajstić information content (AvgIpc) is 3.21. The van der Waals surface area contributed by atoms with Crippen LogP contribution in [0, 0.1) is 10.1 Å². The molecule has 0 spiro atoms. The number of H-pyrrole nitrogens is 1. The lowest BCUT2D eigenvalue weighted by atomic mass is 10.1. The van der Waals surface area contributed by atoms with Gasteiger partial charge in [0.15, 0.2) is 11.5 Å². The first-order chi connectivity index (χ1) is 16.4. The smallest absolute Gasteiger partial charge is 0.280 e. The topological polar surface area (TPSA) is 112 Å². The van der Waals surface area contributed by atoms with Crippen LogP contribution in [0.2, 0.25) is 0 Å². The van der Waals surface area contributed by atoms with Crippen molar-refractivity contribution in [2.45, 2.75) is 6.92 Å². The van der Waals surface area contributed by atoms with Gasteiger partial charge in [0.05, 0.1) is 41.8 Å². The van der Waals surface area contributed by atoms with E-state index in [2.05, 4.69) is 10.1 Å². The van der Waals surface area contributed by atoms with Crippen molar-refractivity contribution < 1.29 is 14.4 Å². The van der Waals surface area contributed by atoms with Crippen molar-refractivity contribution in [1.82, 2.24) is 9.78 Å². The largest absolute Gasteiger partial charge is 0.493 e. The Balaban J connectivity index is 1.91. The van der Waals surface area contributed by atoms with Crippen LogP contribution >= 0.6 is 0 Å². The number of methoxy groups -OCH3 is 2. The van der Waals surface area contributed by atoms with E-state index < -0.39 is 4.92 Å². The number of ether oxygens (including phenoxy) is 2. The Kier molecular flexibility index (Phi) is 6.26. The molecular formula is C25H22N4O5. The molecule has 0 atom stereocenters. The maximum Gasteiger partial charge on any atom is 0.280 e. The second-order valence-corrected chi connectivity index (χ2v) is 7.35. The van der Waals surface area contributed by atoms with Crippen molar-refractivity contribution in [2.75, 3.05) is 14.2 Å². The summed E-state index contributed by atoms with van der Waals surface area (Å²) < 4.78 is 12.2. The molecule has 0 aliphatic heterocycles. The summed E-state index contributed by atoms with van der Waals surface area (Å²) in [7, 11) is 3.07. The van der Waals surface area contributed by atoms with Crippen molar-refractivity contribution in [3.63, 3.8) is 0 Å². The summed E-state index contributed by atoms with van der Waals surface area (Å²) >= 11 is 0. The molecule has 0 saturated carbocycles. The van der Waals surface area contributed by atoms with Gasteiger partial charge in [-0.15, -0.1) is 0 Å². The Hall–Kier alpha value is -4.66. The van der Waals surface area contributed by atoms with E-state index in [0.717, 1.165) is 5.56 Å². The first-order valence-corrected chi connectivity index (χ1v) is 10.4. The maximum atomic E-state index is 13.6. The van der Waals surface area contributed by atoms with E-state index in [0.29, 0.717) is 39.8 Å². The molecule has 9 heteroatoms. The molecule has 172 valence electrons. The number of aromatic amines is 1. The van der Waals surface area contributed by atoms with Gasteiger partial charge in [0, 0.05) is 17.7 Å². The number of aliphatic imine (C=N–C) groups is 1. The SMILES string of the molecule is COc1cccc(N=C(C)c2c(-c3ccccc3)[nH]n(-c3ccc([N+](=O)[O-])cc3)c2=O)c1OC. The monoisotopic (exact) mass is 458 g/mol. The van der Waals surface area contributed by atoms with Gasteiger partial charge in [-0.25, -0.2) is 9.67 Å². The number of hydrogen-bond donors (Lipinski definition) is 1. The number of hydrogen-bond acceptors (Lipinski definition) is 6. The van der Waals surface area contributed by atoms with Crippen molar-refractivity contribution in [2.24, 2.45) is 4.99 Å². The van der Waals surface area contributed by atoms with E-state index >= 15 is 0 Å². The van der Waals surface area contributed by atoms with Gasteiger partial charge < -0.3 is 9.47 Å². The van der Waals surface area contributed by atoms with Crippen LogP contribution in [0.5, 0.6) is 11.5 Å². The molecule has 1 N–H and O–H groups in total. The highest BCUT2D eigenvalue weighted by atomic mass is 16.6. The van der Waals surface area contributed by atoms with E-state index in [1.165, 1.54) is 36.1 Å². The van der Waals surface area contributed by atoms with Crippen LogP contribution in [0.3, 0.4) is 0 Å². The Morgan fingerprint density at radius 2 is 1.68 bits per heavy atom. The van der Waals surface area contributed by atoms with Gasteiger partial charge in [0.25, 0.3) is 11.2 Å². The minimum absolute atomic E-state index is 0.0604. The summed E-state index contributed by atoms with van der Waals surface area (Å²) in [5, 5.41) is 14.2. The molecule has 0 aliphatic carbocycles. The van der Waals surface area contributed by atoms with Crippen LogP contribution in [0.25, 0.3) is 16.9 Å². The zero-order valence-electron chi connectivity index (χ0n) is 18.8. The fourth-order valence-electron chi connectivity index (χ4n) is 3.69. The standard InChI is InChI=1S/C25H22N4O5/c1-16(26-20-10-7-11-21(33-2)24(20)34-3)22-23(17-8-5-4-6-9-17)27-28(25(22)30)18-12-14-19(15-13-18)29(31)32/h4-15,27H,1-3H3. The molecular weight excluding hydrogens is 436 g/mol. The second kappa shape index (κ2) is 9.45. The van der Waals surface area contributed by atoms with E-state index in [-0.39, 0.29) is 11.2 Å². The minimum atomic E-state index is -0.486. The molecule has 0 unspecified atom stereocenters. The molecule has 0 bridgehead atoms. The summed E-state index contributed by atoms with van der Waals surface area (Å²) in [4.78, 5) is 28.8. The van der Waals surface area contributed by atoms with Gasteiger partial charge in [-0.2, -0.15) is 0 Å². The van der Waals surface area contributed by atoms with Crippen LogP contribution in [0.1, 0.15) is 12.5 Å². The fourth-order valence-corrected chi connectivity index (χ4v) is 3.69. The van der Waals surface area contributed by atoms with Crippen LogP contribution < -0.4 is 15.0 Å². The number of para-hydroxylation sites is 1. The highest BCUT2D eigenvalue weighted by Crippen LogP contribution is 2.37. The molecule has 3 aromatic carbocycles. The Labute approximate surface area is 195 Å². The summed E-state index contributed by atoms with van der Waals surface area (Å²) in [6, 6.07) is 20.5. The highest BCUT2D eigenvalue weighted by molar-refractivity contribution is 6.05. The lowest BCUT2D eigenvalue weighted by molar-refractivity contribution is -0.384. The predicted molar refractivity (Wildman–Crippen MR) is 130 cm³/mol. The zero-order valence-corrected chi connectivity index (χ0v) is 18.8. The van der Waals surface area contributed by atoms with Gasteiger partial charge in [0.2, 0.25) is 0 Å². The second-order valence-electron chi connectivity index (χ2n) is 7.35. The average molecular weight is 458 g/mol. The third-order valence-corrected chi connectivity index (χ3v) is 5.30. The maximum absolute atomic E-state index is 13.6. The number of nitrogens with one attached hydrogen (secondary N) is 1. The van der Waals surface area contributed by atoms with Crippen molar-refractivity contribution in [3.8, 4) is 28.4 Å². The lowest BCUT2D eigenvalue weighted by Gasteiger charge is -2.10. The molecule has 0 saturated heterocycles. The quantitative estimate of drug-likeness (QED) is 0.241. The molecule has 0 radical (unpaired) electrons. The molecule has 0 amide bonds. The number of nitro benzene ring substituents is 1. The van der Waals surface area contributed by atoms with E-state index in [1.54, 1.807) is 32.2 Å². The van der Waals surface area contributed by atoms with Gasteiger partial charge in [0.1, 0.15) is 5.69 Å². The minimum Gasteiger partial charge on any atom is -0.493 e. The van der Waals surface area contributed by atoms with Crippen LogP contribution in [0.15, 0.2) is 82.6 Å². The number of nitrogens with zero attached hydrogens (tertiary/aromatic N) is 3. The van der Waals surface area contributed by atoms with E-state index in [9.17, 15) is 14.9 Å². The number of non-ortho nitro benzene ring substituents is 1. The highest BCUT2D eigenvalue weighted by Gasteiger charge is 2.20. The molecule has 0 fully saturated rings.